The van der Waals surface area contributed by atoms with Crippen molar-refractivity contribution >= 4 is 35.3 Å². The number of ether oxygens (including phenoxy) is 4. The molecule has 2 aromatic rings. The summed E-state index contributed by atoms with van der Waals surface area (Å²) in [7, 11) is 3.95. The molecule has 0 atom stereocenters. The van der Waals surface area contributed by atoms with Crippen LogP contribution in [0.15, 0.2) is 42.5 Å². The summed E-state index contributed by atoms with van der Waals surface area (Å²) in [5.41, 5.74) is 2.03. The molecule has 9 heteroatoms. The lowest BCUT2D eigenvalue weighted by Crippen LogP contribution is -2.28. The largest absolute Gasteiger partial charge is 0.496 e. The first-order chi connectivity index (χ1) is 14.9. The average Bonchev–Trinajstić information content (AvgIpc) is 2.78. The van der Waals surface area contributed by atoms with Crippen molar-refractivity contribution in [3.63, 3.8) is 0 Å². The van der Waals surface area contributed by atoms with Gasteiger partial charge < -0.3 is 18.9 Å². The molecule has 1 N–H and O–H groups in total. The molecule has 0 unspecified atom stereocenters. The van der Waals surface area contributed by atoms with Crippen LogP contribution in [0.3, 0.4) is 0 Å². The lowest BCUT2D eigenvalue weighted by Gasteiger charge is -2.15. The Balaban J connectivity index is 2.01. The Morgan fingerprint density at radius 2 is 1.61 bits per heavy atom. The molecule has 2 aromatic carbocycles. The fourth-order valence-corrected chi connectivity index (χ4v) is 3.00. The number of carbonyl (C=O) groups excluding carboxylic acids is 3. The van der Waals surface area contributed by atoms with Gasteiger partial charge in [0, 0.05) is 17.1 Å². The molecule has 0 heterocycles. The minimum Gasteiger partial charge on any atom is -0.496 e. The number of hydrogen-bond acceptors (Lipinski definition) is 7. The van der Waals surface area contributed by atoms with Crippen molar-refractivity contribution in [2.24, 2.45) is 5.92 Å². The summed E-state index contributed by atoms with van der Waals surface area (Å²) in [6.45, 7) is 0.0939. The third-order valence-electron chi connectivity index (χ3n) is 4.45. The second kappa shape index (κ2) is 11.8. The van der Waals surface area contributed by atoms with Gasteiger partial charge in [0.15, 0.2) is 5.92 Å². The van der Waals surface area contributed by atoms with E-state index in [1.807, 2.05) is 0 Å². The maximum atomic E-state index is 12.0. The molecule has 0 aliphatic carbocycles. The van der Waals surface area contributed by atoms with Gasteiger partial charge in [-0.25, -0.2) is 4.79 Å². The van der Waals surface area contributed by atoms with Crippen molar-refractivity contribution in [1.29, 1.82) is 0 Å². The van der Waals surface area contributed by atoms with Gasteiger partial charge in [0.2, 0.25) is 0 Å². The monoisotopic (exact) mass is 449 g/mol. The number of hydrogen-bond donors (Lipinski definition) is 1. The summed E-state index contributed by atoms with van der Waals surface area (Å²) < 4.78 is 20.0. The summed E-state index contributed by atoms with van der Waals surface area (Å²) in [4.78, 5) is 35.8. The number of carbonyl (C=O) groups is 3. The minimum absolute atomic E-state index is 0.0939. The van der Waals surface area contributed by atoms with Crippen LogP contribution < -0.4 is 10.1 Å². The minimum atomic E-state index is -1.07. The van der Waals surface area contributed by atoms with E-state index in [0.29, 0.717) is 28.4 Å². The summed E-state index contributed by atoms with van der Waals surface area (Å²) in [5, 5.41) is 3.17. The first kappa shape index (κ1) is 24.0. The summed E-state index contributed by atoms with van der Waals surface area (Å²) in [5.74, 6) is -1.83. The Kier molecular flexibility index (Phi) is 9.14. The molecular formula is C22H24ClNO7. The van der Waals surface area contributed by atoms with Crippen LogP contribution in [-0.2, 0) is 36.6 Å². The van der Waals surface area contributed by atoms with E-state index in [1.165, 1.54) is 21.3 Å². The molecule has 31 heavy (non-hydrogen) atoms. The predicted molar refractivity (Wildman–Crippen MR) is 114 cm³/mol. The maximum absolute atomic E-state index is 12.0. The molecule has 2 rings (SSSR count). The Morgan fingerprint density at radius 3 is 2.19 bits per heavy atom. The van der Waals surface area contributed by atoms with Crippen molar-refractivity contribution < 1.29 is 33.3 Å². The van der Waals surface area contributed by atoms with Crippen molar-refractivity contribution in [3.8, 4) is 5.75 Å². The normalized spacial score (nSPS) is 10.4. The molecule has 0 radical (unpaired) electrons. The van der Waals surface area contributed by atoms with Crippen LogP contribution >= 0.6 is 11.6 Å². The first-order valence-electron chi connectivity index (χ1n) is 9.38. The third-order valence-corrected chi connectivity index (χ3v) is 4.70. The molecule has 0 aromatic heterocycles. The Bertz CT molecular complexity index is 899. The van der Waals surface area contributed by atoms with Crippen molar-refractivity contribution in [1.82, 2.24) is 0 Å². The second-order valence-corrected chi connectivity index (χ2v) is 6.90. The topological polar surface area (TPSA) is 100 Å². The molecule has 1 amide bonds. The zero-order valence-electron chi connectivity index (χ0n) is 17.5. The van der Waals surface area contributed by atoms with Gasteiger partial charge in [-0.05, 0) is 47.9 Å². The van der Waals surface area contributed by atoms with Crippen LogP contribution in [0.5, 0.6) is 5.75 Å². The highest BCUT2D eigenvalue weighted by Gasteiger charge is 2.29. The smallest absolute Gasteiger partial charge is 0.411 e. The molecule has 0 saturated carbocycles. The zero-order chi connectivity index (χ0) is 22.8. The fraction of sp³-hybridized carbons (Fsp3) is 0.318. The number of rotatable bonds is 9. The second-order valence-electron chi connectivity index (χ2n) is 6.47. The van der Waals surface area contributed by atoms with Crippen molar-refractivity contribution in [3.05, 3.63) is 58.6 Å². The highest BCUT2D eigenvalue weighted by atomic mass is 35.5. The number of methoxy groups -OCH3 is 3. The van der Waals surface area contributed by atoms with Crippen LogP contribution in [0.1, 0.15) is 11.1 Å². The van der Waals surface area contributed by atoms with Gasteiger partial charge in [-0.15, -0.1) is 0 Å². The van der Waals surface area contributed by atoms with E-state index >= 15 is 0 Å². The Hall–Kier alpha value is -3.26. The number of anilines is 1. The summed E-state index contributed by atoms with van der Waals surface area (Å²) in [6, 6.07) is 11.9. The third kappa shape index (κ3) is 7.18. The molecule has 0 aliphatic heterocycles. The lowest BCUT2D eigenvalue weighted by atomic mass is 9.97. The van der Waals surface area contributed by atoms with Gasteiger partial charge in [0.1, 0.15) is 5.75 Å². The highest BCUT2D eigenvalue weighted by molar-refractivity contribution is 6.30. The van der Waals surface area contributed by atoms with Crippen molar-refractivity contribution in [2.75, 3.05) is 33.3 Å². The van der Waals surface area contributed by atoms with E-state index in [0.717, 1.165) is 5.56 Å². The van der Waals surface area contributed by atoms with Gasteiger partial charge >= 0.3 is 18.0 Å². The molecular weight excluding hydrogens is 426 g/mol. The zero-order valence-corrected chi connectivity index (χ0v) is 18.2. The first-order valence-corrected chi connectivity index (χ1v) is 9.76. The van der Waals surface area contributed by atoms with Gasteiger partial charge in [-0.3, -0.25) is 14.9 Å². The van der Waals surface area contributed by atoms with E-state index in [4.69, 9.17) is 30.5 Å². The molecule has 8 nitrogen and oxygen atoms in total. The van der Waals surface area contributed by atoms with Crippen LogP contribution in [-0.4, -0.2) is 46.0 Å². The fourth-order valence-electron chi connectivity index (χ4n) is 2.88. The maximum Gasteiger partial charge on any atom is 0.411 e. The van der Waals surface area contributed by atoms with Crippen LogP contribution in [0.2, 0.25) is 5.02 Å². The van der Waals surface area contributed by atoms with E-state index < -0.39 is 23.9 Å². The van der Waals surface area contributed by atoms with E-state index in [-0.39, 0.29) is 13.0 Å². The summed E-state index contributed by atoms with van der Waals surface area (Å²) in [6.07, 6.45) is -0.130. The Morgan fingerprint density at radius 1 is 0.968 bits per heavy atom. The van der Waals surface area contributed by atoms with Gasteiger partial charge in [0.05, 0.1) is 27.9 Å². The highest BCUT2D eigenvalue weighted by Crippen LogP contribution is 2.23. The van der Waals surface area contributed by atoms with Crippen LogP contribution in [0.4, 0.5) is 10.5 Å². The predicted octanol–water partition coefficient (Wildman–Crippen LogP) is 3.64. The van der Waals surface area contributed by atoms with E-state index in [9.17, 15) is 14.4 Å². The van der Waals surface area contributed by atoms with Crippen LogP contribution in [0.25, 0.3) is 0 Å². The van der Waals surface area contributed by atoms with Gasteiger partial charge in [-0.2, -0.15) is 0 Å². The van der Waals surface area contributed by atoms with Gasteiger partial charge in [-0.1, -0.05) is 23.7 Å². The van der Waals surface area contributed by atoms with E-state index in [1.54, 1.807) is 42.5 Å². The number of halogens is 1. The molecule has 0 bridgehead atoms. The van der Waals surface area contributed by atoms with Crippen molar-refractivity contribution in [2.45, 2.75) is 12.8 Å². The van der Waals surface area contributed by atoms with Gasteiger partial charge in [0.25, 0.3) is 0 Å². The molecule has 0 spiro atoms. The number of esters is 2. The number of amides is 1. The lowest BCUT2D eigenvalue weighted by molar-refractivity contribution is -0.158. The standard InChI is InChI=1S/C22H24ClNO7/c1-28-19-9-4-14(13-18(20(25)29-2)21(26)30-3)12-15(19)10-11-31-22(27)24-17-7-5-16(23)6-8-17/h4-9,12,18H,10-11,13H2,1-3H3,(H,24,27). The molecule has 0 saturated heterocycles. The Labute approximate surface area is 185 Å². The molecule has 0 fully saturated rings. The average molecular weight is 450 g/mol. The molecule has 166 valence electrons. The SMILES string of the molecule is COC(=O)C(Cc1ccc(OC)c(CCOC(=O)Nc2ccc(Cl)cc2)c1)C(=O)OC. The number of benzene rings is 2. The molecule has 0 aliphatic rings. The van der Waals surface area contributed by atoms with E-state index in [2.05, 4.69) is 5.32 Å². The number of nitrogens with one attached hydrogen (secondary N) is 1. The van der Waals surface area contributed by atoms with Crippen LogP contribution in [0, 0.1) is 5.92 Å². The summed E-state index contributed by atoms with van der Waals surface area (Å²) >= 11 is 5.82. The quantitative estimate of drug-likeness (QED) is 0.354.